The van der Waals surface area contributed by atoms with Gasteiger partial charge in [-0.1, -0.05) is 36.4 Å². The van der Waals surface area contributed by atoms with E-state index in [4.69, 9.17) is 4.74 Å². The van der Waals surface area contributed by atoms with E-state index in [1.54, 1.807) is 7.11 Å². The van der Waals surface area contributed by atoms with Gasteiger partial charge in [0.15, 0.2) is 0 Å². The molecule has 0 spiro atoms. The topological polar surface area (TPSA) is 44.8 Å². The van der Waals surface area contributed by atoms with Crippen molar-refractivity contribution in [3.63, 3.8) is 0 Å². The Morgan fingerprint density at radius 3 is 2.52 bits per heavy atom. The smallest absolute Gasteiger partial charge is 0.234 e. The highest BCUT2D eigenvalue weighted by Gasteiger charge is 2.18. The molecule has 4 rings (SSSR count). The summed E-state index contributed by atoms with van der Waals surface area (Å²) in [5, 5.41) is 5.60. The van der Waals surface area contributed by atoms with Crippen molar-refractivity contribution in [3.8, 4) is 5.75 Å². The van der Waals surface area contributed by atoms with Crippen LogP contribution in [0.4, 0.5) is 5.69 Å². The summed E-state index contributed by atoms with van der Waals surface area (Å²) in [4.78, 5) is 17.4. The van der Waals surface area contributed by atoms with Gasteiger partial charge in [0.25, 0.3) is 0 Å². The highest BCUT2D eigenvalue weighted by molar-refractivity contribution is 5.83. The Balaban J connectivity index is 1.30. The van der Waals surface area contributed by atoms with E-state index in [1.807, 2.05) is 24.3 Å². The molecule has 3 aromatic rings. The molecule has 31 heavy (non-hydrogen) atoms. The largest absolute Gasteiger partial charge is 0.497 e. The van der Waals surface area contributed by atoms with E-state index in [0.717, 1.165) is 43.9 Å². The molecule has 1 saturated heterocycles. The van der Waals surface area contributed by atoms with Crippen LogP contribution in [-0.2, 0) is 4.79 Å². The Bertz CT molecular complexity index is 1020. The summed E-state index contributed by atoms with van der Waals surface area (Å²) in [6.07, 6.45) is 1.04. The molecule has 0 saturated carbocycles. The monoisotopic (exact) mass is 417 g/mol. The number of ether oxygens (including phenoxy) is 1. The van der Waals surface area contributed by atoms with Crippen molar-refractivity contribution in [1.82, 2.24) is 10.2 Å². The van der Waals surface area contributed by atoms with Crippen molar-refractivity contribution in [2.45, 2.75) is 19.4 Å². The number of carbonyl (C=O) groups excluding carboxylic acids is 1. The average molecular weight is 418 g/mol. The number of methoxy groups -OCH3 is 1. The number of hydrogen-bond acceptors (Lipinski definition) is 4. The molecule has 1 atom stereocenters. The maximum atomic E-state index is 12.7. The third-order valence-electron chi connectivity index (χ3n) is 6.04. The second kappa shape index (κ2) is 9.84. The Labute approximate surface area is 184 Å². The first-order valence-electron chi connectivity index (χ1n) is 11.0. The van der Waals surface area contributed by atoms with Crippen LogP contribution >= 0.6 is 0 Å². The maximum absolute atomic E-state index is 12.7. The molecule has 1 N–H and O–H groups in total. The number of fused-ring (bicyclic) bond motifs is 1. The fraction of sp³-hybridized carbons (Fsp3) is 0.346. The van der Waals surface area contributed by atoms with Crippen LogP contribution in [0.5, 0.6) is 5.75 Å². The maximum Gasteiger partial charge on any atom is 0.234 e. The van der Waals surface area contributed by atoms with Gasteiger partial charge >= 0.3 is 0 Å². The van der Waals surface area contributed by atoms with E-state index in [0.29, 0.717) is 6.54 Å². The van der Waals surface area contributed by atoms with Gasteiger partial charge in [-0.25, -0.2) is 0 Å². The van der Waals surface area contributed by atoms with Gasteiger partial charge < -0.3 is 15.0 Å². The van der Waals surface area contributed by atoms with E-state index in [1.165, 1.54) is 16.5 Å². The Kier molecular flexibility index (Phi) is 6.73. The number of nitrogens with one attached hydrogen (secondary N) is 1. The molecule has 0 aromatic heterocycles. The lowest BCUT2D eigenvalue weighted by molar-refractivity contribution is -0.122. The van der Waals surface area contributed by atoms with Crippen molar-refractivity contribution in [2.75, 3.05) is 44.7 Å². The van der Waals surface area contributed by atoms with E-state index in [-0.39, 0.29) is 11.9 Å². The molecule has 5 nitrogen and oxygen atoms in total. The van der Waals surface area contributed by atoms with Gasteiger partial charge in [0.2, 0.25) is 5.91 Å². The molecule has 1 amide bonds. The molecule has 1 aliphatic rings. The van der Waals surface area contributed by atoms with E-state index >= 15 is 0 Å². The zero-order valence-electron chi connectivity index (χ0n) is 18.4. The summed E-state index contributed by atoms with van der Waals surface area (Å²) in [6, 6.07) is 22.9. The van der Waals surface area contributed by atoms with Crippen molar-refractivity contribution in [2.24, 2.45) is 0 Å². The Morgan fingerprint density at radius 2 is 1.74 bits per heavy atom. The van der Waals surface area contributed by atoms with E-state index < -0.39 is 0 Å². The van der Waals surface area contributed by atoms with Crippen LogP contribution in [0.2, 0.25) is 0 Å². The predicted molar refractivity (Wildman–Crippen MR) is 127 cm³/mol. The summed E-state index contributed by atoms with van der Waals surface area (Å²) < 4.78 is 5.26. The lowest BCUT2D eigenvalue weighted by Crippen LogP contribution is -2.40. The minimum absolute atomic E-state index is 0.0140. The molecule has 1 fully saturated rings. The second-order valence-electron chi connectivity index (χ2n) is 8.21. The summed E-state index contributed by atoms with van der Waals surface area (Å²) >= 11 is 0. The fourth-order valence-electron chi connectivity index (χ4n) is 4.23. The lowest BCUT2D eigenvalue weighted by Gasteiger charge is -2.24. The number of hydrogen-bond donors (Lipinski definition) is 1. The zero-order chi connectivity index (χ0) is 21.6. The van der Waals surface area contributed by atoms with Crippen molar-refractivity contribution < 1.29 is 9.53 Å². The lowest BCUT2D eigenvalue weighted by atomic mass is 10.0. The second-order valence-corrected chi connectivity index (χ2v) is 8.21. The van der Waals surface area contributed by atoms with Crippen LogP contribution in [0.25, 0.3) is 10.8 Å². The van der Waals surface area contributed by atoms with Crippen molar-refractivity contribution >= 4 is 22.4 Å². The van der Waals surface area contributed by atoms with Gasteiger partial charge in [0.1, 0.15) is 5.75 Å². The van der Waals surface area contributed by atoms with E-state index in [9.17, 15) is 4.79 Å². The standard InChI is InChI=1S/C26H31N3O2/c1-20(22-9-8-21-6-3-4-7-23(21)18-22)27-26(30)19-28-14-5-15-29(17-16-28)24-10-12-25(31-2)13-11-24/h3-4,6-13,18,20H,5,14-17,19H2,1-2H3,(H,27,30). The summed E-state index contributed by atoms with van der Waals surface area (Å²) in [5.74, 6) is 0.955. The first-order valence-corrected chi connectivity index (χ1v) is 11.0. The minimum atomic E-state index is -0.0140. The van der Waals surface area contributed by atoms with Gasteiger partial charge in [0, 0.05) is 31.9 Å². The molecule has 162 valence electrons. The minimum Gasteiger partial charge on any atom is -0.497 e. The van der Waals surface area contributed by atoms with Crippen molar-refractivity contribution in [1.29, 1.82) is 0 Å². The van der Waals surface area contributed by atoms with E-state index in [2.05, 4.69) is 64.5 Å². The Hall–Kier alpha value is -3.05. The molecular formula is C26H31N3O2. The Morgan fingerprint density at radius 1 is 0.968 bits per heavy atom. The molecule has 5 heteroatoms. The van der Waals surface area contributed by atoms with Crippen LogP contribution < -0.4 is 15.0 Å². The quantitative estimate of drug-likeness (QED) is 0.652. The van der Waals surface area contributed by atoms with Gasteiger partial charge in [-0.05, 0) is 60.0 Å². The molecular weight excluding hydrogens is 386 g/mol. The molecule has 1 unspecified atom stereocenters. The average Bonchev–Trinajstić information content (AvgIpc) is 3.04. The van der Waals surface area contributed by atoms with Crippen LogP contribution in [-0.4, -0.2) is 50.6 Å². The molecule has 0 bridgehead atoms. The van der Waals surface area contributed by atoms with Crippen LogP contribution in [0, 0.1) is 0 Å². The summed E-state index contributed by atoms with van der Waals surface area (Å²) in [7, 11) is 1.69. The van der Waals surface area contributed by atoms with Crippen LogP contribution in [0.1, 0.15) is 24.9 Å². The third kappa shape index (κ3) is 5.36. The molecule has 1 heterocycles. The first kappa shape index (κ1) is 21.2. The highest BCUT2D eigenvalue weighted by Crippen LogP contribution is 2.22. The van der Waals surface area contributed by atoms with Gasteiger partial charge in [-0.15, -0.1) is 0 Å². The van der Waals surface area contributed by atoms with Gasteiger partial charge in [-0.2, -0.15) is 0 Å². The van der Waals surface area contributed by atoms with Crippen molar-refractivity contribution in [3.05, 3.63) is 72.3 Å². The first-order chi connectivity index (χ1) is 15.1. The summed E-state index contributed by atoms with van der Waals surface area (Å²) in [5.41, 5.74) is 2.34. The van der Waals surface area contributed by atoms with Gasteiger partial charge in [-0.3, -0.25) is 9.69 Å². The SMILES string of the molecule is COc1ccc(N2CCCN(CC(=O)NC(C)c3ccc4ccccc4c3)CC2)cc1. The number of anilines is 1. The van der Waals surface area contributed by atoms with Crippen LogP contribution in [0.3, 0.4) is 0 Å². The number of amides is 1. The summed E-state index contributed by atoms with van der Waals surface area (Å²) in [6.45, 7) is 6.22. The fourth-order valence-corrected chi connectivity index (χ4v) is 4.23. The molecule has 0 aliphatic carbocycles. The number of benzene rings is 3. The zero-order valence-corrected chi connectivity index (χ0v) is 18.4. The number of carbonyl (C=O) groups is 1. The molecule has 0 radical (unpaired) electrons. The van der Waals surface area contributed by atoms with Gasteiger partial charge in [0.05, 0.1) is 19.7 Å². The third-order valence-corrected chi connectivity index (χ3v) is 6.04. The number of nitrogens with zero attached hydrogens (tertiary/aromatic N) is 2. The predicted octanol–water partition coefficient (Wildman–Crippen LogP) is 4.24. The normalized spacial score (nSPS) is 16.0. The molecule has 1 aliphatic heterocycles. The van der Waals surface area contributed by atoms with Crippen LogP contribution in [0.15, 0.2) is 66.7 Å². The highest BCUT2D eigenvalue weighted by atomic mass is 16.5. The molecule has 3 aromatic carbocycles. The number of rotatable bonds is 6.